The molecule has 3 heteroatoms. The molecule has 0 radical (unpaired) electrons. The number of rotatable bonds is 2. The molecule has 0 bridgehead atoms. The largest absolute Gasteiger partial charge is 0.495 e. The van der Waals surface area contributed by atoms with Crippen LogP contribution in [0, 0.1) is 11.3 Å². The van der Waals surface area contributed by atoms with Gasteiger partial charge in [-0.25, -0.2) is 0 Å². The molecule has 3 nitrogen and oxygen atoms in total. The highest BCUT2D eigenvalue weighted by atomic mass is 16.5. The van der Waals surface area contributed by atoms with Crippen LogP contribution in [0.1, 0.15) is 18.1 Å². The Morgan fingerprint density at radius 1 is 1.54 bits per heavy atom. The van der Waals surface area contributed by atoms with Crippen LogP contribution in [0.2, 0.25) is 0 Å². The Morgan fingerprint density at radius 2 is 2.23 bits per heavy atom. The van der Waals surface area contributed by atoms with E-state index in [4.69, 9.17) is 15.7 Å². The van der Waals surface area contributed by atoms with Gasteiger partial charge in [-0.1, -0.05) is 6.92 Å². The molecule has 0 atom stereocenters. The van der Waals surface area contributed by atoms with Gasteiger partial charge in [-0.05, 0) is 24.1 Å². The van der Waals surface area contributed by atoms with Gasteiger partial charge in [0.05, 0.1) is 18.4 Å². The van der Waals surface area contributed by atoms with Gasteiger partial charge in [0.25, 0.3) is 0 Å². The molecule has 13 heavy (non-hydrogen) atoms. The Kier molecular flexibility index (Phi) is 2.76. The van der Waals surface area contributed by atoms with E-state index >= 15 is 0 Å². The van der Waals surface area contributed by atoms with E-state index in [1.165, 1.54) is 0 Å². The van der Waals surface area contributed by atoms with Crippen molar-refractivity contribution >= 4 is 5.69 Å². The van der Waals surface area contributed by atoms with Crippen molar-refractivity contribution in [2.45, 2.75) is 13.3 Å². The highest BCUT2D eigenvalue weighted by Gasteiger charge is 2.06. The van der Waals surface area contributed by atoms with Gasteiger partial charge in [-0.15, -0.1) is 0 Å². The summed E-state index contributed by atoms with van der Waals surface area (Å²) in [5, 5.41) is 8.77. The predicted molar refractivity (Wildman–Crippen MR) is 51.5 cm³/mol. The van der Waals surface area contributed by atoms with Gasteiger partial charge in [0, 0.05) is 0 Å². The van der Waals surface area contributed by atoms with Crippen LogP contribution in [0.25, 0.3) is 0 Å². The lowest BCUT2D eigenvalue weighted by molar-refractivity contribution is 0.416. The molecule has 1 aromatic rings. The molecule has 0 heterocycles. The summed E-state index contributed by atoms with van der Waals surface area (Å²) in [5.41, 5.74) is 7.64. The minimum absolute atomic E-state index is 0.419. The van der Waals surface area contributed by atoms with Gasteiger partial charge in [0.2, 0.25) is 0 Å². The molecule has 0 aliphatic rings. The second-order valence-electron chi connectivity index (χ2n) is 2.72. The van der Waals surface area contributed by atoms with E-state index in [1.807, 2.05) is 19.1 Å². The summed E-state index contributed by atoms with van der Waals surface area (Å²) >= 11 is 0. The monoisotopic (exact) mass is 176 g/mol. The Balaban J connectivity index is 3.31. The minimum atomic E-state index is 0.419. The normalized spacial score (nSPS) is 9.31. The summed E-state index contributed by atoms with van der Waals surface area (Å²) in [6, 6.07) is 5.69. The van der Waals surface area contributed by atoms with Crippen molar-refractivity contribution < 1.29 is 4.74 Å². The van der Waals surface area contributed by atoms with Crippen LogP contribution in [0.5, 0.6) is 5.75 Å². The van der Waals surface area contributed by atoms with Crippen LogP contribution in [0.3, 0.4) is 0 Å². The molecule has 1 rings (SSSR count). The van der Waals surface area contributed by atoms with Gasteiger partial charge in [-0.3, -0.25) is 0 Å². The maximum absolute atomic E-state index is 8.77. The molecule has 0 amide bonds. The van der Waals surface area contributed by atoms with Crippen molar-refractivity contribution in [3.8, 4) is 11.8 Å². The van der Waals surface area contributed by atoms with Crippen molar-refractivity contribution in [1.29, 1.82) is 5.26 Å². The quantitative estimate of drug-likeness (QED) is 0.698. The van der Waals surface area contributed by atoms with E-state index in [-0.39, 0.29) is 0 Å². The summed E-state index contributed by atoms with van der Waals surface area (Å²) in [5.74, 6) is 0.580. The number of anilines is 1. The molecule has 0 aliphatic heterocycles. The van der Waals surface area contributed by atoms with Crippen LogP contribution < -0.4 is 10.5 Å². The molecule has 2 N–H and O–H groups in total. The molecular formula is C10H12N2O. The zero-order valence-corrected chi connectivity index (χ0v) is 7.79. The number of aryl methyl sites for hydroxylation is 1. The number of ether oxygens (including phenoxy) is 1. The number of nitriles is 1. The lowest BCUT2D eigenvalue weighted by Gasteiger charge is -2.07. The molecule has 0 saturated heterocycles. The first-order valence-electron chi connectivity index (χ1n) is 4.09. The van der Waals surface area contributed by atoms with Crippen molar-refractivity contribution in [2.75, 3.05) is 12.8 Å². The van der Waals surface area contributed by atoms with Crippen molar-refractivity contribution in [3.05, 3.63) is 23.3 Å². The molecule has 0 aliphatic carbocycles. The Morgan fingerprint density at radius 3 is 2.69 bits per heavy atom. The molecule has 0 unspecified atom stereocenters. The van der Waals surface area contributed by atoms with Gasteiger partial charge < -0.3 is 10.5 Å². The van der Waals surface area contributed by atoms with E-state index in [0.717, 1.165) is 12.0 Å². The third kappa shape index (κ3) is 1.73. The van der Waals surface area contributed by atoms with E-state index in [1.54, 1.807) is 13.2 Å². The van der Waals surface area contributed by atoms with E-state index in [2.05, 4.69) is 0 Å². The third-order valence-corrected chi connectivity index (χ3v) is 1.95. The second-order valence-corrected chi connectivity index (χ2v) is 2.72. The summed E-state index contributed by atoms with van der Waals surface area (Å²) in [4.78, 5) is 0. The highest BCUT2D eigenvalue weighted by molar-refractivity contribution is 5.64. The van der Waals surface area contributed by atoms with Crippen LogP contribution >= 0.6 is 0 Å². The van der Waals surface area contributed by atoms with E-state index in [9.17, 15) is 0 Å². The van der Waals surface area contributed by atoms with Gasteiger partial charge in [0.15, 0.2) is 0 Å². The third-order valence-electron chi connectivity index (χ3n) is 1.95. The van der Waals surface area contributed by atoms with Crippen LogP contribution in [0.4, 0.5) is 5.69 Å². The molecule has 1 aromatic carbocycles. The van der Waals surface area contributed by atoms with Crippen molar-refractivity contribution in [3.63, 3.8) is 0 Å². The molecule has 0 spiro atoms. The average molecular weight is 176 g/mol. The molecule has 0 fully saturated rings. The smallest absolute Gasteiger partial charge is 0.143 e. The lowest BCUT2D eigenvalue weighted by atomic mass is 10.1. The standard InChI is InChI=1S/C10H12N2O/c1-3-7-4-8(6-11)10(12)9(5-7)13-2/h4-5H,3,12H2,1-2H3. The molecule has 0 aromatic heterocycles. The van der Waals surface area contributed by atoms with Crippen LogP contribution in [0.15, 0.2) is 12.1 Å². The zero-order chi connectivity index (χ0) is 9.84. The fourth-order valence-corrected chi connectivity index (χ4v) is 1.15. The van der Waals surface area contributed by atoms with Gasteiger partial charge >= 0.3 is 0 Å². The fourth-order valence-electron chi connectivity index (χ4n) is 1.15. The minimum Gasteiger partial charge on any atom is -0.495 e. The number of nitrogen functional groups attached to an aromatic ring is 1. The maximum atomic E-state index is 8.77. The number of nitrogens with two attached hydrogens (primary N) is 1. The highest BCUT2D eigenvalue weighted by Crippen LogP contribution is 2.26. The molecule has 0 saturated carbocycles. The lowest BCUT2D eigenvalue weighted by Crippen LogP contribution is -1.97. The Hall–Kier alpha value is -1.69. The topological polar surface area (TPSA) is 59.0 Å². The molecule has 68 valence electrons. The van der Waals surface area contributed by atoms with Crippen LogP contribution in [-0.4, -0.2) is 7.11 Å². The number of hydrogen-bond donors (Lipinski definition) is 1. The first-order chi connectivity index (χ1) is 6.22. The SMILES string of the molecule is CCc1cc(C#N)c(N)c(OC)c1. The zero-order valence-electron chi connectivity index (χ0n) is 7.79. The maximum Gasteiger partial charge on any atom is 0.143 e. The van der Waals surface area contributed by atoms with E-state index in [0.29, 0.717) is 17.0 Å². The number of methoxy groups -OCH3 is 1. The summed E-state index contributed by atoms with van der Waals surface area (Å²) in [7, 11) is 1.55. The number of benzene rings is 1. The predicted octanol–water partition coefficient (Wildman–Crippen LogP) is 1.71. The Labute approximate surface area is 77.7 Å². The van der Waals surface area contributed by atoms with Crippen molar-refractivity contribution in [2.24, 2.45) is 0 Å². The first-order valence-corrected chi connectivity index (χ1v) is 4.09. The van der Waals surface area contributed by atoms with E-state index < -0.39 is 0 Å². The van der Waals surface area contributed by atoms with Crippen molar-refractivity contribution in [1.82, 2.24) is 0 Å². The summed E-state index contributed by atoms with van der Waals surface area (Å²) in [6.07, 6.45) is 0.866. The number of nitrogens with zero attached hydrogens (tertiary/aromatic N) is 1. The average Bonchev–Trinajstić information content (AvgIpc) is 2.18. The van der Waals surface area contributed by atoms with Gasteiger partial charge in [-0.2, -0.15) is 5.26 Å². The molecular weight excluding hydrogens is 164 g/mol. The second kappa shape index (κ2) is 3.81. The Bertz CT molecular complexity index is 353. The summed E-state index contributed by atoms with van der Waals surface area (Å²) < 4.78 is 5.05. The summed E-state index contributed by atoms with van der Waals surface area (Å²) in [6.45, 7) is 2.02. The van der Waals surface area contributed by atoms with Crippen LogP contribution in [-0.2, 0) is 6.42 Å². The fraction of sp³-hybridized carbons (Fsp3) is 0.300. The number of hydrogen-bond acceptors (Lipinski definition) is 3. The first kappa shape index (κ1) is 9.40. The van der Waals surface area contributed by atoms with Gasteiger partial charge in [0.1, 0.15) is 11.8 Å².